The average Bonchev–Trinajstić information content (AvgIpc) is 2.32. The zero-order chi connectivity index (χ0) is 12.3. The molecule has 2 aromatic rings. The lowest BCUT2D eigenvalue weighted by Crippen LogP contribution is -1.91. The van der Waals surface area contributed by atoms with Crippen molar-refractivity contribution in [1.82, 2.24) is 4.98 Å². The quantitative estimate of drug-likeness (QED) is 0.606. The number of hydrogen-bond donors (Lipinski definition) is 0. The first-order valence-electron chi connectivity index (χ1n) is 4.73. The molecule has 0 bridgehead atoms. The number of aromatic nitrogens is 1. The van der Waals surface area contributed by atoms with Gasteiger partial charge in [0.25, 0.3) is 0 Å². The molecule has 2 rings (SSSR count). The number of carbonyl (C=O) groups excluding carboxylic acids is 1. The van der Waals surface area contributed by atoms with Crippen molar-refractivity contribution >= 4 is 6.29 Å². The molecule has 0 aliphatic heterocycles. The number of aldehydes is 1. The molecule has 0 N–H and O–H groups in total. The molecule has 1 heterocycles. The van der Waals surface area contributed by atoms with Crippen molar-refractivity contribution in [2.75, 3.05) is 0 Å². The van der Waals surface area contributed by atoms with E-state index in [1.165, 1.54) is 24.4 Å². The van der Waals surface area contributed by atoms with Gasteiger partial charge in [0.1, 0.15) is 17.3 Å². The Hall–Kier alpha value is -2.30. The number of carbonyl (C=O) groups is 1. The predicted octanol–water partition coefficient (Wildman–Crippen LogP) is 2.96. The molecule has 0 fully saturated rings. The molecule has 86 valence electrons. The van der Waals surface area contributed by atoms with Crippen LogP contribution in [0, 0.1) is 11.8 Å². The van der Waals surface area contributed by atoms with E-state index < -0.39 is 11.8 Å². The molecule has 0 radical (unpaired) electrons. The van der Waals surface area contributed by atoms with Gasteiger partial charge in [0.2, 0.25) is 5.95 Å². The van der Waals surface area contributed by atoms with Crippen molar-refractivity contribution in [3.05, 3.63) is 53.9 Å². The lowest BCUT2D eigenvalue weighted by molar-refractivity contribution is 0.112. The Balaban J connectivity index is 2.21. The van der Waals surface area contributed by atoms with Gasteiger partial charge in [-0.05, 0) is 24.3 Å². The molecule has 0 saturated heterocycles. The molecule has 1 aromatic heterocycles. The molecule has 3 nitrogen and oxygen atoms in total. The zero-order valence-corrected chi connectivity index (χ0v) is 8.56. The van der Waals surface area contributed by atoms with Crippen molar-refractivity contribution < 1.29 is 18.3 Å². The number of ether oxygens (including phenoxy) is 1. The van der Waals surface area contributed by atoms with Crippen molar-refractivity contribution in [2.24, 2.45) is 0 Å². The van der Waals surface area contributed by atoms with Gasteiger partial charge in [0, 0.05) is 6.07 Å². The number of nitrogens with zero attached hydrogens (tertiary/aromatic N) is 1. The summed E-state index contributed by atoms with van der Waals surface area (Å²) in [5, 5.41) is 0. The Morgan fingerprint density at radius 3 is 2.47 bits per heavy atom. The Bertz CT molecular complexity index is 541. The summed E-state index contributed by atoms with van der Waals surface area (Å²) >= 11 is 0. The third-order valence-corrected chi connectivity index (χ3v) is 2.03. The average molecular weight is 235 g/mol. The Morgan fingerprint density at radius 2 is 1.88 bits per heavy atom. The topological polar surface area (TPSA) is 39.2 Å². The second-order valence-electron chi connectivity index (χ2n) is 3.22. The minimum atomic E-state index is -0.674. The minimum absolute atomic E-state index is 0.0467. The van der Waals surface area contributed by atoms with Crippen molar-refractivity contribution in [2.45, 2.75) is 0 Å². The fraction of sp³-hybridized carbons (Fsp3) is 0. The highest BCUT2D eigenvalue weighted by atomic mass is 19.1. The lowest BCUT2D eigenvalue weighted by Gasteiger charge is -2.05. The van der Waals surface area contributed by atoms with Crippen molar-refractivity contribution in [1.29, 1.82) is 0 Å². The monoisotopic (exact) mass is 235 g/mol. The fourth-order valence-electron chi connectivity index (χ4n) is 1.23. The zero-order valence-electron chi connectivity index (χ0n) is 8.56. The van der Waals surface area contributed by atoms with Crippen molar-refractivity contribution in [3.63, 3.8) is 0 Å². The first-order chi connectivity index (χ1) is 8.19. The highest BCUT2D eigenvalue weighted by Gasteiger charge is 2.04. The maximum atomic E-state index is 13.2. The van der Waals surface area contributed by atoms with Crippen LogP contribution in [0.2, 0.25) is 0 Å². The van der Waals surface area contributed by atoms with E-state index in [9.17, 15) is 13.6 Å². The van der Waals surface area contributed by atoms with Crippen LogP contribution in [-0.4, -0.2) is 11.3 Å². The summed E-state index contributed by atoms with van der Waals surface area (Å²) in [4.78, 5) is 13.8. The van der Waals surface area contributed by atoms with E-state index in [2.05, 4.69) is 4.98 Å². The van der Waals surface area contributed by atoms with Gasteiger partial charge in [-0.3, -0.25) is 4.79 Å². The van der Waals surface area contributed by atoms with E-state index >= 15 is 0 Å². The van der Waals surface area contributed by atoms with Crippen molar-refractivity contribution in [3.8, 4) is 11.5 Å². The van der Waals surface area contributed by atoms with Gasteiger partial charge in [-0.25, -0.2) is 9.37 Å². The standard InChI is InChI=1S/C12H7F2NO2/c13-11-5-9(2-1-8(11)7-16)17-10-3-4-12(14)15-6-10/h1-7H. The maximum absolute atomic E-state index is 13.2. The van der Waals surface area contributed by atoms with Gasteiger partial charge in [-0.2, -0.15) is 4.39 Å². The molecular weight excluding hydrogens is 228 g/mol. The third kappa shape index (κ3) is 2.63. The minimum Gasteiger partial charge on any atom is -0.456 e. The molecular formula is C12H7F2NO2. The Morgan fingerprint density at radius 1 is 1.12 bits per heavy atom. The van der Waals surface area contributed by atoms with Crippen LogP contribution in [0.25, 0.3) is 0 Å². The highest BCUT2D eigenvalue weighted by molar-refractivity contribution is 5.75. The number of halogens is 2. The van der Waals surface area contributed by atoms with Gasteiger partial charge in [0.05, 0.1) is 11.8 Å². The van der Waals surface area contributed by atoms with Crippen LogP contribution in [0.4, 0.5) is 8.78 Å². The first-order valence-corrected chi connectivity index (χ1v) is 4.73. The van der Waals surface area contributed by atoms with Gasteiger partial charge in [0.15, 0.2) is 6.29 Å². The van der Waals surface area contributed by atoms with Gasteiger partial charge in [-0.15, -0.1) is 0 Å². The predicted molar refractivity (Wildman–Crippen MR) is 56.1 cm³/mol. The van der Waals surface area contributed by atoms with E-state index in [1.807, 2.05) is 0 Å². The van der Waals surface area contributed by atoms with E-state index in [-0.39, 0.29) is 17.1 Å². The molecule has 0 saturated carbocycles. The summed E-state index contributed by atoms with van der Waals surface area (Å²) in [6, 6.07) is 6.32. The highest BCUT2D eigenvalue weighted by Crippen LogP contribution is 2.22. The summed E-state index contributed by atoms with van der Waals surface area (Å²) < 4.78 is 31.0. The van der Waals surface area contributed by atoms with Crippen LogP contribution >= 0.6 is 0 Å². The number of rotatable bonds is 3. The summed E-state index contributed by atoms with van der Waals surface area (Å²) in [5.41, 5.74) is -0.0467. The molecule has 0 atom stereocenters. The second kappa shape index (κ2) is 4.69. The molecule has 0 spiro atoms. The molecule has 17 heavy (non-hydrogen) atoms. The van der Waals surface area contributed by atoms with Gasteiger partial charge in [-0.1, -0.05) is 0 Å². The van der Waals surface area contributed by atoms with Crippen LogP contribution < -0.4 is 4.74 Å². The summed E-state index contributed by atoms with van der Waals surface area (Å²) in [7, 11) is 0. The largest absolute Gasteiger partial charge is 0.456 e. The number of hydrogen-bond acceptors (Lipinski definition) is 3. The Kier molecular flexibility index (Phi) is 3.09. The summed E-state index contributed by atoms with van der Waals surface area (Å²) in [6.07, 6.45) is 1.60. The van der Waals surface area contributed by atoms with Crippen LogP contribution in [0.3, 0.4) is 0 Å². The third-order valence-electron chi connectivity index (χ3n) is 2.03. The molecule has 0 aliphatic rings. The van der Waals surface area contributed by atoms with E-state index in [0.29, 0.717) is 6.29 Å². The molecule has 0 aliphatic carbocycles. The summed E-state index contributed by atoms with van der Waals surface area (Å²) in [6.45, 7) is 0. The molecule has 1 aromatic carbocycles. The Labute approximate surface area is 95.7 Å². The van der Waals surface area contributed by atoms with Crippen LogP contribution in [-0.2, 0) is 0 Å². The van der Waals surface area contributed by atoms with Crippen LogP contribution in [0.5, 0.6) is 11.5 Å². The first kappa shape index (κ1) is 11.2. The second-order valence-corrected chi connectivity index (χ2v) is 3.22. The van der Waals surface area contributed by atoms with Crippen LogP contribution in [0.15, 0.2) is 36.5 Å². The number of pyridine rings is 1. The summed E-state index contributed by atoms with van der Waals surface area (Å²) in [5.74, 6) is -0.807. The molecule has 0 unspecified atom stereocenters. The molecule has 0 amide bonds. The maximum Gasteiger partial charge on any atom is 0.213 e. The lowest BCUT2D eigenvalue weighted by atomic mass is 10.2. The van der Waals surface area contributed by atoms with E-state index in [0.717, 1.165) is 12.1 Å². The van der Waals surface area contributed by atoms with Gasteiger partial charge < -0.3 is 4.74 Å². The van der Waals surface area contributed by atoms with Crippen LogP contribution in [0.1, 0.15) is 10.4 Å². The van der Waals surface area contributed by atoms with E-state index in [4.69, 9.17) is 4.74 Å². The SMILES string of the molecule is O=Cc1ccc(Oc2ccc(F)nc2)cc1F. The fourth-order valence-corrected chi connectivity index (χ4v) is 1.23. The molecule has 5 heteroatoms. The van der Waals surface area contributed by atoms with E-state index in [1.54, 1.807) is 0 Å². The smallest absolute Gasteiger partial charge is 0.213 e. The van der Waals surface area contributed by atoms with Gasteiger partial charge >= 0.3 is 0 Å². The normalized spacial score (nSPS) is 10.0. The number of benzene rings is 1.